The molecule has 0 spiro atoms. The van der Waals surface area contributed by atoms with E-state index >= 15 is 0 Å². The van der Waals surface area contributed by atoms with E-state index in [1.807, 2.05) is 0 Å². The van der Waals surface area contributed by atoms with Crippen LogP contribution in [0.25, 0.3) is 0 Å². The predicted octanol–water partition coefficient (Wildman–Crippen LogP) is 0.707. The summed E-state index contributed by atoms with van der Waals surface area (Å²) < 4.78 is 0. The first kappa shape index (κ1) is 15.7. The topological polar surface area (TPSA) is 31.5 Å². The summed E-state index contributed by atoms with van der Waals surface area (Å²) in [5.41, 5.74) is 0. The summed E-state index contributed by atoms with van der Waals surface area (Å²) in [4.78, 5) is 0. The van der Waals surface area contributed by atoms with Gasteiger partial charge in [-0.3, -0.25) is 0 Å². The summed E-state index contributed by atoms with van der Waals surface area (Å²) in [6.45, 7) is 0. The molecule has 0 bridgehead atoms. The van der Waals surface area contributed by atoms with Crippen LogP contribution in [0.3, 0.4) is 0 Å². The van der Waals surface area contributed by atoms with Gasteiger partial charge in [0.05, 0.1) is 0 Å². The van der Waals surface area contributed by atoms with Gasteiger partial charge in [-0.1, -0.05) is 0 Å². The fourth-order valence-corrected chi connectivity index (χ4v) is 0. The summed E-state index contributed by atoms with van der Waals surface area (Å²) in [5.74, 6) is 0. The van der Waals surface area contributed by atoms with Crippen molar-refractivity contribution >= 4 is 64.6 Å². The van der Waals surface area contributed by atoms with Gasteiger partial charge < -0.3 is 8.33 Å². The van der Waals surface area contributed by atoms with Crippen LogP contribution in [0.15, 0.2) is 0 Å². The first-order chi connectivity index (χ1) is 1.73. The number of rotatable bonds is 0. The van der Waals surface area contributed by atoms with Crippen LogP contribution < -0.4 is 0 Å². The molecule has 2 N–H and O–H groups in total. The Morgan fingerprint density at radius 1 is 1.17 bits per heavy atom. The van der Waals surface area contributed by atoms with Crippen molar-refractivity contribution in [1.29, 1.82) is 0 Å². The van der Waals surface area contributed by atoms with Crippen molar-refractivity contribution in [1.82, 2.24) is 0 Å². The van der Waals surface area contributed by atoms with Crippen LogP contribution in [0.5, 0.6) is 0 Å². The molecule has 0 heterocycles. The zero-order valence-corrected chi connectivity index (χ0v) is 7.76. The summed E-state index contributed by atoms with van der Waals surface area (Å²) in [6.07, 6.45) is 0. The average molecular weight is 178 g/mol. The number of hydrogen-bond donors (Lipinski definition) is 0. The largest absolute Gasteiger partial charge is 2.00 e. The third-order valence-corrected chi connectivity index (χ3v) is 0. The molecule has 0 saturated heterocycles. The van der Waals surface area contributed by atoms with Crippen LogP contribution in [0.4, 0.5) is 0 Å². The molecule has 36 valence electrons. The summed E-state index contributed by atoms with van der Waals surface area (Å²) >= 11 is -1.72. The Hall–Kier alpha value is 2.13. The minimum Gasteiger partial charge on any atom is -1.00 e. The van der Waals surface area contributed by atoms with E-state index in [4.69, 9.17) is 30.1 Å². The maximum atomic E-state index is 4.94. The minimum absolute atomic E-state index is 0. The average Bonchev–Trinajstić information content (AvgIpc) is 0.811. The Labute approximate surface area is 72.4 Å². The molecule has 0 aromatic carbocycles. The second-order valence-corrected chi connectivity index (χ2v) is 6.68. The Balaban J connectivity index is -0.00000000750. The van der Waals surface area contributed by atoms with Gasteiger partial charge in [0.2, 0.25) is 0 Å². The van der Waals surface area contributed by atoms with Crippen LogP contribution in [-0.2, 0) is 0 Å². The fraction of sp³-hybridized carbons (Fsp3) is 0. The zero-order valence-electron chi connectivity index (χ0n) is 4.92. The third kappa shape index (κ3) is 35.6. The Kier molecular flexibility index (Phi) is 26.6. The molecule has 0 saturated carbocycles. The van der Waals surface area contributed by atoms with E-state index in [0.29, 0.717) is 0 Å². The van der Waals surface area contributed by atoms with E-state index in [0.717, 1.165) is 0 Å². The van der Waals surface area contributed by atoms with E-state index < -0.39 is 11.4 Å². The van der Waals surface area contributed by atoms with Gasteiger partial charge in [0.15, 0.2) is 0 Å². The Morgan fingerprint density at radius 3 is 1.17 bits per heavy atom. The molecule has 0 aromatic heterocycles. The predicted molar refractivity (Wildman–Crippen MR) is 34.9 cm³/mol. The van der Waals surface area contributed by atoms with Crippen molar-refractivity contribution in [3.8, 4) is 0 Å². The normalized spacial score (nSPS) is 4.50. The van der Waals surface area contributed by atoms with Crippen LogP contribution in [-0.4, -0.2) is 39.9 Å². The van der Waals surface area contributed by atoms with Gasteiger partial charge in [0, 0.05) is 0 Å². The van der Waals surface area contributed by atoms with Gasteiger partial charge in [-0.15, -0.1) is 0 Å². The molecule has 0 aromatic rings. The van der Waals surface area contributed by atoms with Crippen LogP contribution >= 0.6 is 30.1 Å². The molecule has 0 atom stereocenters. The van der Waals surface area contributed by atoms with Crippen molar-refractivity contribution in [2.75, 3.05) is 0 Å². The zero-order chi connectivity index (χ0) is 3.58. The van der Waals surface area contributed by atoms with E-state index in [1.54, 1.807) is 0 Å². The van der Waals surface area contributed by atoms with Crippen molar-refractivity contribution in [2.45, 2.75) is 0 Å². The van der Waals surface area contributed by atoms with E-state index in [2.05, 4.69) is 0 Å². The van der Waals surface area contributed by atoms with Gasteiger partial charge in [-0.2, -0.15) is 0 Å². The molecule has 1 nitrogen and oxygen atoms in total. The van der Waals surface area contributed by atoms with Crippen LogP contribution in [0.1, 0.15) is 2.85 Å². The smallest absolute Gasteiger partial charge is 1.00 e. The standard InChI is InChI=1S/Al.3ClH.Mg.H2O.2H/h;3*1H;;1H2;;/q+3;;;;+2;;2*-1/p-3. The fourth-order valence-electron chi connectivity index (χ4n) is 0. The molecule has 0 rings (SSSR count). The van der Waals surface area contributed by atoms with Crippen molar-refractivity contribution in [3.05, 3.63) is 0 Å². The molecule has 0 amide bonds. The third-order valence-electron chi connectivity index (χ3n) is 0. The molecule has 6 heavy (non-hydrogen) atoms. The van der Waals surface area contributed by atoms with E-state index in [-0.39, 0.29) is 31.4 Å². The monoisotopic (exact) mass is 176 g/mol. The maximum Gasteiger partial charge on any atom is 2.00 e. The molecule has 0 radical (unpaired) electrons. The van der Waals surface area contributed by atoms with Crippen molar-refractivity contribution in [3.63, 3.8) is 0 Å². The summed E-state index contributed by atoms with van der Waals surface area (Å²) in [6, 6.07) is 0. The van der Waals surface area contributed by atoms with Gasteiger partial charge in [0.1, 0.15) is 0 Å². The minimum atomic E-state index is -1.72. The molecule has 0 unspecified atom stereocenters. The second kappa shape index (κ2) is 10.2. The Bertz CT molecular complexity index is 22.0. The Morgan fingerprint density at radius 2 is 1.17 bits per heavy atom. The maximum absolute atomic E-state index is 4.94. The second-order valence-electron chi connectivity index (χ2n) is 0.247. The summed E-state index contributed by atoms with van der Waals surface area (Å²) in [5, 5.41) is 0. The molecule has 6 heteroatoms. The summed E-state index contributed by atoms with van der Waals surface area (Å²) in [7, 11) is 14.8. The molecule has 0 aliphatic carbocycles. The van der Waals surface area contributed by atoms with E-state index in [1.165, 1.54) is 0 Å². The quantitative estimate of drug-likeness (QED) is 0.489. The molecular formula is H4AlCl3MgO. The van der Waals surface area contributed by atoms with E-state index in [9.17, 15) is 0 Å². The molecular weight excluding hydrogens is 174 g/mol. The molecule has 0 fully saturated rings. The number of hydrogen-bond acceptors (Lipinski definition) is 0. The molecule has 0 aliphatic rings. The first-order valence-corrected chi connectivity index (χ1v) is 5.89. The molecule has 0 aliphatic heterocycles. The van der Waals surface area contributed by atoms with Crippen LogP contribution in [0, 0.1) is 0 Å². The van der Waals surface area contributed by atoms with Gasteiger partial charge in [0.25, 0.3) is 0 Å². The first-order valence-electron chi connectivity index (χ1n) is 0.655. The van der Waals surface area contributed by atoms with Crippen LogP contribution in [0.2, 0.25) is 0 Å². The van der Waals surface area contributed by atoms with Crippen molar-refractivity contribution in [2.24, 2.45) is 0 Å². The van der Waals surface area contributed by atoms with Gasteiger partial charge in [-0.05, 0) is 0 Å². The van der Waals surface area contributed by atoms with Gasteiger partial charge >= 0.3 is 34.4 Å². The van der Waals surface area contributed by atoms with Crippen molar-refractivity contribution < 1.29 is 8.33 Å². The SMILES string of the molecule is O.[Cl][Al]([Cl])[Cl].[H-].[H-].[Mg+2]. The number of halogens is 3. The van der Waals surface area contributed by atoms with Gasteiger partial charge in [-0.25, -0.2) is 30.1 Å².